The van der Waals surface area contributed by atoms with Gasteiger partial charge in [-0.05, 0) is 31.2 Å². The molecule has 1 amide bonds. The van der Waals surface area contributed by atoms with E-state index in [4.69, 9.17) is 14.2 Å². The number of thiazole rings is 1. The number of nitrogens with one attached hydrogen (secondary N) is 1. The lowest BCUT2D eigenvalue weighted by atomic mass is 10.1. The van der Waals surface area contributed by atoms with Crippen LogP contribution in [0.15, 0.2) is 41.8 Å². The number of methoxy groups -OCH3 is 3. The van der Waals surface area contributed by atoms with Gasteiger partial charge in [-0.25, -0.2) is 4.98 Å². The van der Waals surface area contributed by atoms with Crippen LogP contribution in [0.3, 0.4) is 0 Å². The summed E-state index contributed by atoms with van der Waals surface area (Å²) in [5.74, 6) is 1.49. The van der Waals surface area contributed by atoms with Crippen LogP contribution < -0.4 is 19.5 Å². The van der Waals surface area contributed by atoms with E-state index in [2.05, 4.69) is 10.3 Å². The van der Waals surface area contributed by atoms with Crippen LogP contribution in [-0.2, 0) is 0 Å². The number of benzene rings is 2. The maximum absolute atomic E-state index is 12.6. The fraction of sp³-hybridized carbons (Fsp3) is 0.200. The van der Waals surface area contributed by atoms with Gasteiger partial charge in [-0.1, -0.05) is 11.6 Å². The van der Waals surface area contributed by atoms with Crippen LogP contribution in [0, 0.1) is 6.92 Å². The van der Waals surface area contributed by atoms with E-state index >= 15 is 0 Å². The average molecular weight is 384 g/mol. The minimum absolute atomic E-state index is 0.299. The van der Waals surface area contributed by atoms with E-state index in [-0.39, 0.29) is 5.91 Å². The number of anilines is 1. The lowest BCUT2D eigenvalue weighted by Crippen LogP contribution is -2.13. The molecule has 0 aliphatic carbocycles. The second-order valence-corrected chi connectivity index (χ2v) is 6.62. The van der Waals surface area contributed by atoms with Crippen molar-refractivity contribution in [3.63, 3.8) is 0 Å². The molecule has 0 atom stereocenters. The predicted molar refractivity (Wildman–Crippen MR) is 106 cm³/mol. The van der Waals surface area contributed by atoms with Crippen molar-refractivity contribution in [2.45, 2.75) is 6.92 Å². The van der Waals surface area contributed by atoms with Crippen molar-refractivity contribution in [2.24, 2.45) is 0 Å². The molecule has 1 aromatic heterocycles. The Kier molecular flexibility index (Phi) is 5.61. The molecular weight excluding hydrogens is 364 g/mol. The molecule has 1 N–H and O–H groups in total. The molecule has 6 nitrogen and oxygen atoms in total. The average Bonchev–Trinajstić information content (AvgIpc) is 3.15. The first-order valence-electron chi connectivity index (χ1n) is 8.19. The van der Waals surface area contributed by atoms with Gasteiger partial charge in [0, 0.05) is 17.0 Å². The largest absolute Gasteiger partial charge is 0.497 e. The van der Waals surface area contributed by atoms with Gasteiger partial charge in [-0.2, -0.15) is 0 Å². The Morgan fingerprint density at radius 3 is 2.48 bits per heavy atom. The molecule has 0 spiro atoms. The first-order valence-corrected chi connectivity index (χ1v) is 9.07. The van der Waals surface area contributed by atoms with Crippen LogP contribution in [0.5, 0.6) is 17.2 Å². The number of carbonyl (C=O) groups is 1. The third-order valence-corrected chi connectivity index (χ3v) is 4.77. The zero-order valence-electron chi connectivity index (χ0n) is 15.5. The van der Waals surface area contributed by atoms with Crippen LogP contribution in [0.2, 0.25) is 0 Å². The quantitative estimate of drug-likeness (QED) is 0.682. The van der Waals surface area contributed by atoms with Crippen molar-refractivity contribution in [3.8, 4) is 28.5 Å². The number of ether oxygens (including phenoxy) is 3. The van der Waals surface area contributed by atoms with Crippen molar-refractivity contribution in [3.05, 3.63) is 52.9 Å². The summed E-state index contributed by atoms with van der Waals surface area (Å²) in [6.07, 6.45) is 0. The zero-order chi connectivity index (χ0) is 19.4. The van der Waals surface area contributed by atoms with E-state index in [9.17, 15) is 4.79 Å². The minimum atomic E-state index is -0.299. The van der Waals surface area contributed by atoms with Crippen molar-refractivity contribution in [2.75, 3.05) is 26.6 Å². The van der Waals surface area contributed by atoms with Crippen LogP contribution >= 0.6 is 11.3 Å². The molecule has 140 valence electrons. The van der Waals surface area contributed by atoms with Gasteiger partial charge in [0.25, 0.3) is 5.91 Å². The Morgan fingerprint density at radius 1 is 1.00 bits per heavy atom. The molecule has 27 heavy (non-hydrogen) atoms. The molecule has 0 bridgehead atoms. The van der Waals surface area contributed by atoms with Crippen LogP contribution in [0.4, 0.5) is 5.13 Å². The van der Waals surface area contributed by atoms with E-state index in [1.807, 2.05) is 30.5 Å². The van der Waals surface area contributed by atoms with E-state index in [1.54, 1.807) is 32.4 Å². The molecule has 1 heterocycles. The molecule has 2 aromatic carbocycles. The maximum atomic E-state index is 12.6. The summed E-state index contributed by atoms with van der Waals surface area (Å²) in [6.45, 7) is 2.01. The van der Waals surface area contributed by atoms with Crippen molar-refractivity contribution >= 4 is 22.4 Å². The highest BCUT2D eigenvalue weighted by molar-refractivity contribution is 7.14. The van der Waals surface area contributed by atoms with E-state index in [0.717, 1.165) is 22.6 Å². The number of nitrogens with zero attached hydrogens (tertiary/aromatic N) is 1. The number of hydrogen-bond donors (Lipinski definition) is 1. The third kappa shape index (κ3) is 4.03. The third-order valence-electron chi connectivity index (χ3n) is 4.01. The Morgan fingerprint density at radius 2 is 1.78 bits per heavy atom. The highest BCUT2D eigenvalue weighted by Gasteiger charge is 2.16. The Bertz CT molecular complexity index is 968. The topological polar surface area (TPSA) is 69.7 Å². The molecular formula is C20H20N2O4S. The van der Waals surface area contributed by atoms with Gasteiger partial charge in [-0.3, -0.25) is 10.1 Å². The van der Waals surface area contributed by atoms with E-state index in [0.29, 0.717) is 22.2 Å². The summed E-state index contributed by atoms with van der Waals surface area (Å²) in [7, 11) is 4.70. The first-order chi connectivity index (χ1) is 13.0. The van der Waals surface area contributed by atoms with E-state index in [1.165, 1.54) is 18.4 Å². The minimum Gasteiger partial charge on any atom is -0.497 e. The summed E-state index contributed by atoms with van der Waals surface area (Å²) in [5.41, 5.74) is 3.14. The normalized spacial score (nSPS) is 10.4. The number of aryl methyl sites for hydroxylation is 1. The second kappa shape index (κ2) is 8.09. The lowest BCUT2D eigenvalue weighted by molar-refractivity contribution is 0.102. The zero-order valence-corrected chi connectivity index (χ0v) is 16.3. The fourth-order valence-corrected chi connectivity index (χ4v) is 3.33. The number of hydrogen-bond acceptors (Lipinski definition) is 6. The van der Waals surface area contributed by atoms with Crippen LogP contribution in [0.1, 0.15) is 15.9 Å². The summed E-state index contributed by atoms with van der Waals surface area (Å²) >= 11 is 1.35. The van der Waals surface area contributed by atoms with Gasteiger partial charge in [-0.15, -0.1) is 11.3 Å². The second-order valence-electron chi connectivity index (χ2n) is 5.76. The molecule has 0 fully saturated rings. The van der Waals surface area contributed by atoms with Crippen molar-refractivity contribution < 1.29 is 19.0 Å². The standard InChI is InChI=1S/C20H20N2O4S/c1-12-5-8-17(25-3)15(9-12)16-11-27-20(21-16)22-19(23)14-7-6-13(24-2)10-18(14)26-4/h5-11H,1-4H3,(H,21,22,23). The highest BCUT2D eigenvalue weighted by Crippen LogP contribution is 2.33. The van der Waals surface area contributed by atoms with Gasteiger partial charge >= 0.3 is 0 Å². The van der Waals surface area contributed by atoms with Gasteiger partial charge < -0.3 is 14.2 Å². The van der Waals surface area contributed by atoms with Crippen LogP contribution in [-0.4, -0.2) is 32.2 Å². The Balaban J connectivity index is 1.84. The maximum Gasteiger partial charge on any atom is 0.261 e. The van der Waals surface area contributed by atoms with Gasteiger partial charge in [0.15, 0.2) is 5.13 Å². The molecule has 0 radical (unpaired) electrons. The molecule has 0 aliphatic heterocycles. The summed E-state index contributed by atoms with van der Waals surface area (Å²) < 4.78 is 15.9. The van der Waals surface area contributed by atoms with Gasteiger partial charge in [0.1, 0.15) is 17.2 Å². The molecule has 0 saturated heterocycles. The summed E-state index contributed by atoms with van der Waals surface area (Å²) in [6, 6.07) is 10.9. The van der Waals surface area contributed by atoms with E-state index < -0.39 is 0 Å². The smallest absolute Gasteiger partial charge is 0.261 e. The lowest BCUT2D eigenvalue weighted by Gasteiger charge is -2.09. The molecule has 7 heteroatoms. The van der Waals surface area contributed by atoms with Gasteiger partial charge in [0.05, 0.1) is 32.6 Å². The summed E-state index contributed by atoms with van der Waals surface area (Å²) in [4.78, 5) is 17.2. The molecule has 0 aliphatic rings. The summed E-state index contributed by atoms with van der Waals surface area (Å²) in [5, 5.41) is 5.20. The SMILES string of the molecule is COc1ccc(C(=O)Nc2nc(-c3cc(C)ccc3OC)cs2)c(OC)c1. The number of aromatic nitrogens is 1. The van der Waals surface area contributed by atoms with Gasteiger partial charge in [0.2, 0.25) is 0 Å². The molecule has 3 rings (SSSR count). The Hall–Kier alpha value is -3.06. The monoisotopic (exact) mass is 384 g/mol. The fourth-order valence-electron chi connectivity index (χ4n) is 2.63. The van der Waals surface area contributed by atoms with Crippen LogP contribution in [0.25, 0.3) is 11.3 Å². The predicted octanol–water partition coefficient (Wildman–Crippen LogP) is 4.40. The van der Waals surface area contributed by atoms with Crippen molar-refractivity contribution in [1.82, 2.24) is 4.98 Å². The molecule has 3 aromatic rings. The molecule has 0 saturated carbocycles. The highest BCUT2D eigenvalue weighted by atomic mass is 32.1. The number of carbonyl (C=O) groups excluding carboxylic acids is 1. The molecule has 0 unspecified atom stereocenters. The van der Waals surface area contributed by atoms with Crippen molar-refractivity contribution in [1.29, 1.82) is 0 Å². The Labute approximate surface area is 161 Å². The number of rotatable bonds is 6. The number of amides is 1. The first kappa shape index (κ1) is 18.7.